The van der Waals surface area contributed by atoms with E-state index >= 15 is 0 Å². The topological polar surface area (TPSA) is 51.5 Å². The molecule has 0 aromatic heterocycles. The molecule has 0 N–H and O–H groups in total. The number of hydrogen-bond donors (Lipinski definition) is 0. The number of benzene rings is 3. The zero-order valence-corrected chi connectivity index (χ0v) is 17.8. The highest BCUT2D eigenvalue weighted by Gasteiger charge is 2.10. The smallest absolute Gasteiger partial charge is 0.161 e. The number of nitriles is 1. The van der Waals surface area contributed by atoms with Crippen LogP contribution in [0.1, 0.15) is 16.7 Å². The Morgan fingerprint density at radius 3 is 2.34 bits per heavy atom. The Balaban J connectivity index is 1.95. The molecular weight excluding hydrogens is 430 g/mol. The third-order valence-corrected chi connectivity index (χ3v) is 4.82. The van der Waals surface area contributed by atoms with Crippen molar-refractivity contribution in [2.75, 3.05) is 14.2 Å². The van der Waals surface area contributed by atoms with Crippen LogP contribution in [0.25, 0.3) is 11.6 Å². The monoisotopic (exact) mass is 449 g/mol. The number of hydrogen-bond acceptors (Lipinski definition) is 4. The van der Waals surface area contributed by atoms with Gasteiger partial charge in [0.25, 0.3) is 0 Å². The first-order valence-electron chi connectivity index (χ1n) is 8.95. The van der Waals surface area contributed by atoms with Crippen LogP contribution in [0.15, 0.2) is 71.2 Å². The van der Waals surface area contributed by atoms with Crippen LogP contribution in [0.4, 0.5) is 0 Å². The molecule has 3 aromatic carbocycles. The zero-order valence-electron chi connectivity index (χ0n) is 16.2. The molecule has 0 radical (unpaired) electrons. The molecule has 0 aliphatic carbocycles. The summed E-state index contributed by atoms with van der Waals surface area (Å²) in [6.45, 7) is 0.446. The van der Waals surface area contributed by atoms with E-state index in [0.29, 0.717) is 29.4 Å². The lowest BCUT2D eigenvalue weighted by Gasteiger charge is -2.12. The summed E-state index contributed by atoms with van der Waals surface area (Å²) in [7, 11) is 3.15. The van der Waals surface area contributed by atoms with Gasteiger partial charge in [0, 0.05) is 10.0 Å². The molecular formula is C24H20BrNO3. The lowest BCUT2D eigenvalue weighted by atomic mass is 10.0. The van der Waals surface area contributed by atoms with Crippen LogP contribution >= 0.6 is 15.9 Å². The van der Waals surface area contributed by atoms with Crippen molar-refractivity contribution in [3.8, 4) is 23.3 Å². The molecule has 0 heterocycles. The van der Waals surface area contributed by atoms with E-state index in [1.807, 2.05) is 60.7 Å². The van der Waals surface area contributed by atoms with Gasteiger partial charge in [0.15, 0.2) is 11.5 Å². The second kappa shape index (κ2) is 9.81. The molecule has 0 aliphatic rings. The van der Waals surface area contributed by atoms with E-state index in [4.69, 9.17) is 14.2 Å². The Morgan fingerprint density at radius 1 is 0.931 bits per heavy atom. The predicted molar refractivity (Wildman–Crippen MR) is 118 cm³/mol. The first kappa shape index (κ1) is 20.5. The van der Waals surface area contributed by atoms with E-state index in [-0.39, 0.29) is 0 Å². The number of nitrogens with zero attached hydrogens (tertiary/aromatic N) is 1. The molecule has 29 heavy (non-hydrogen) atoms. The van der Waals surface area contributed by atoms with Crippen molar-refractivity contribution in [1.29, 1.82) is 5.26 Å². The van der Waals surface area contributed by atoms with Gasteiger partial charge in [-0.2, -0.15) is 5.26 Å². The molecule has 146 valence electrons. The molecule has 0 unspecified atom stereocenters. The largest absolute Gasteiger partial charge is 0.493 e. The predicted octanol–water partition coefficient (Wildman–Crippen LogP) is 6.11. The Bertz CT molecular complexity index is 1060. The SMILES string of the molecule is COc1ccc(/C(C#N)=C/c2cc(Br)ccc2OCc2ccccc2)cc1OC. The molecule has 0 bridgehead atoms. The van der Waals surface area contributed by atoms with E-state index < -0.39 is 0 Å². The van der Waals surface area contributed by atoms with Gasteiger partial charge in [-0.25, -0.2) is 0 Å². The Hall–Kier alpha value is -3.23. The van der Waals surface area contributed by atoms with Gasteiger partial charge >= 0.3 is 0 Å². The summed E-state index contributed by atoms with van der Waals surface area (Å²) in [5.41, 5.74) is 3.11. The maximum atomic E-state index is 9.76. The third kappa shape index (κ3) is 5.18. The van der Waals surface area contributed by atoms with Gasteiger partial charge in [-0.05, 0) is 53.6 Å². The van der Waals surface area contributed by atoms with Crippen molar-refractivity contribution in [3.05, 3.63) is 87.9 Å². The van der Waals surface area contributed by atoms with Crippen LogP contribution in [-0.4, -0.2) is 14.2 Å². The van der Waals surface area contributed by atoms with Crippen LogP contribution < -0.4 is 14.2 Å². The van der Waals surface area contributed by atoms with Crippen LogP contribution in [0, 0.1) is 11.3 Å². The fourth-order valence-corrected chi connectivity index (χ4v) is 3.22. The van der Waals surface area contributed by atoms with E-state index in [1.54, 1.807) is 26.4 Å². The van der Waals surface area contributed by atoms with E-state index in [1.165, 1.54) is 0 Å². The molecule has 5 heteroatoms. The lowest BCUT2D eigenvalue weighted by Crippen LogP contribution is -1.97. The summed E-state index contributed by atoms with van der Waals surface area (Å²) in [5.74, 6) is 1.88. The van der Waals surface area contributed by atoms with Gasteiger partial charge in [-0.1, -0.05) is 46.3 Å². The first-order valence-corrected chi connectivity index (χ1v) is 9.74. The summed E-state index contributed by atoms with van der Waals surface area (Å²) in [5, 5.41) is 9.76. The van der Waals surface area contributed by atoms with Crippen molar-refractivity contribution in [2.24, 2.45) is 0 Å². The summed E-state index contributed by atoms with van der Waals surface area (Å²) >= 11 is 3.50. The number of allylic oxidation sites excluding steroid dienone is 1. The number of rotatable bonds is 7. The molecule has 0 saturated carbocycles. The van der Waals surface area contributed by atoms with Gasteiger partial charge < -0.3 is 14.2 Å². The number of halogens is 1. The van der Waals surface area contributed by atoms with Crippen molar-refractivity contribution in [1.82, 2.24) is 0 Å². The summed E-state index contributed by atoms with van der Waals surface area (Å²) in [6.07, 6.45) is 1.81. The molecule has 0 atom stereocenters. The Kier molecular flexibility index (Phi) is 6.94. The summed E-state index contributed by atoms with van der Waals surface area (Å²) in [4.78, 5) is 0. The van der Waals surface area contributed by atoms with Crippen molar-refractivity contribution in [3.63, 3.8) is 0 Å². The Labute approximate surface area is 179 Å². The first-order chi connectivity index (χ1) is 14.1. The van der Waals surface area contributed by atoms with Crippen LogP contribution in [0.5, 0.6) is 17.2 Å². The van der Waals surface area contributed by atoms with Crippen LogP contribution in [0.3, 0.4) is 0 Å². The molecule has 0 amide bonds. The highest BCUT2D eigenvalue weighted by Crippen LogP contribution is 2.33. The number of methoxy groups -OCH3 is 2. The highest BCUT2D eigenvalue weighted by atomic mass is 79.9. The van der Waals surface area contributed by atoms with Gasteiger partial charge in [0.1, 0.15) is 12.4 Å². The minimum absolute atomic E-state index is 0.446. The normalized spacial score (nSPS) is 10.9. The second-order valence-electron chi connectivity index (χ2n) is 6.20. The molecule has 0 aliphatic heterocycles. The minimum Gasteiger partial charge on any atom is -0.493 e. The number of ether oxygens (including phenoxy) is 3. The fourth-order valence-electron chi connectivity index (χ4n) is 2.84. The zero-order chi connectivity index (χ0) is 20.6. The van der Waals surface area contributed by atoms with Crippen LogP contribution in [0.2, 0.25) is 0 Å². The molecule has 0 fully saturated rings. The molecule has 3 rings (SSSR count). The van der Waals surface area contributed by atoms with E-state index in [9.17, 15) is 5.26 Å². The van der Waals surface area contributed by atoms with Gasteiger partial charge in [-0.15, -0.1) is 0 Å². The molecule has 4 nitrogen and oxygen atoms in total. The average Bonchev–Trinajstić information content (AvgIpc) is 2.77. The maximum Gasteiger partial charge on any atom is 0.161 e. The van der Waals surface area contributed by atoms with Crippen molar-refractivity contribution in [2.45, 2.75) is 6.61 Å². The third-order valence-electron chi connectivity index (χ3n) is 4.32. The van der Waals surface area contributed by atoms with Crippen molar-refractivity contribution >= 4 is 27.6 Å². The van der Waals surface area contributed by atoms with Crippen LogP contribution in [-0.2, 0) is 6.61 Å². The van der Waals surface area contributed by atoms with Gasteiger partial charge in [0.2, 0.25) is 0 Å². The molecule has 0 saturated heterocycles. The van der Waals surface area contributed by atoms with Crippen molar-refractivity contribution < 1.29 is 14.2 Å². The second-order valence-corrected chi connectivity index (χ2v) is 7.11. The highest BCUT2D eigenvalue weighted by molar-refractivity contribution is 9.10. The quantitative estimate of drug-likeness (QED) is 0.322. The van der Waals surface area contributed by atoms with Gasteiger partial charge in [0.05, 0.1) is 25.9 Å². The summed E-state index contributed by atoms with van der Waals surface area (Å²) in [6, 6.07) is 23.4. The summed E-state index contributed by atoms with van der Waals surface area (Å²) < 4.78 is 17.6. The van der Waals surface area contributed by atoms with Gasteiger partial charge in [-0.3, -0.25) is 0 Å². The molecule has 0 spiro atoms. The van der Waals surface area contributed by atoms with E-state index in [0.717, 1.165) is 21.2 Å². The minimum atomic E-state index is 0.446. The lowest BCUT2D eigenvalue weighted by molar-refractivity contribution is 0.305. The molecule has 3 aromatic rings. The Morgan fingerprint density at radius 2 is 1.66 bits per heavy atom. The fraction of sp³-hybridized carbons (Fsp3) is 0.125. The van der Waals surface area contributed by atoms with E-state index in [2.05, 4.69) is 22.0 Å². The standard InChI is InChI=1S/C24H20BrNO3/c1-27-23-10-8-18(14-24(23)28-2)20(15-26)12-19-13-21(25)9-11-22(19)29-16-17-6-4-3-5-7-17/h3-14H,16H2,1-2H3/b20-12+. The maximum absolute atomic E-state index is 9.76. The average molecular weight is 450 g/mol.